The molecule has 0 heterocycles. The molecule has 0 saturated carbocycles. The maximum atomic E-state index is 13.6. The molecule has 0 bridgehead atoms. The van der Waals surface area contributed by atoms with Crippen LogP contribution in [0.1, 0.15) is 23.2 Å². The molecule has 0 fully saturated rings. The Hall–Kier alpha value is -2.27. The van der Waals surface area contributed by atoms with Crippen LogP contribution in [-0.2, 0) is 0 Å². The van der Waals surface area contributed by atoms with Gasteiger partial charge in [0.05, 0.1) is 12.7 Å². The van der Waals surface area contributed by atoms with E-state index in [0.717, 1.165) is 6.07 Å². The van der Waals surface area contributed by atoms with Crippen LogP contribution >= 0.6 is 0 Å². The summed E-state index contributed by atoms with van der Waals surface area (Å²) in [4.78, 5) is 14.3. The molecule has 0 aromatic heterocycles. The molecule has 102 valence electrons. The lowest BCUT2D eigenvalue weighted by atomic mass is 10.2. The smallest absolute Gasteiger partial charge is 0.254 e. The molecule has 19 heavy (non-hydrogen) atoms. The van der Waals surface area contributed by atoms with Gasteiger partial charge in [-0.05, 0) is 30.5 Å². The van der Waals surface area contributed by atoms with E-state index >= 15 is 0 Å². The highest BCUT2D eigenvalue weighted by Gasteiger charge is 2.11. The number of benzene rings is 1. The van der Waals surface area contributed by atoms with Gasteiger partial charge in [-0.3, -0.25) is 4.79 Å². The van der Waals surface area contributed by atoms with E-state index < -0.39 is 11.7 Å². The summed E-state index contributed by atoms with van der Waals surface area (Å²) in [6.07, 6.45) is 1.35. The van der Waals surface area contributed by atoms with Gasteiger partial charge in [-0.15, -0.1) is 0 Å². The lowest BCUT2D eigenvalue weighted by molar-refractivity contribution is 0.0949. The zero-order valence-corrected chi connectivity index (χ0v) is 10.6. The van der Waals surface area contributed by atoms with Gasteiger partial charge in [-0.1, -0.05) is 5.11 Å². The van der Waals surface area contributed by atoms with Crippen molar-refractivity contribution in [2.45, 2.75) is 12.8 Å². The van der Waals surface area contributed by atoms with Crippen LogP contribution in [0, 0.1) is 5.82 Å². The summed E-state index contributed by atoms with van der Waals surface area (Å²) in [6.45, 7) is 0.800. The molecule has 0 aliphatic carbocycles. The van der Waals surface area contributed by atoms with Crippen LogP contribution in [0.5, 0.6) is 5.75 Å². The normalized spacial score (nSPS) is 9.58. The van der Waals surface area contributed by atoms with E-state index in [-0.39, 0.29) is 5.56 Å². The third kappa shape index (κ3) is 4.85. The molecular formula is C12H15FN4O2. The Bertz CT molecular complexity index is 487. The molecule has 6 nitrogen and oxygen atoms in total. The summed E-state index contributed by atoms with van der Waals surface area (Å²) in [5.74, 6) is -0.724. The fourth-order valence-electron chi connectivity index (χ4n) is 1.46. The van der Waals surface area contributed by atoms with Crippen LogP contribution in [-0.4, -0.2) is 26.1 Å². The van der Waals surface area contributed by atoms with Gasteiger partial charge in [0.2, 0.25) is 0 Å². The molecule has 0 atom stereocenters. The van der Waals surface area contributed by atoms with E-state index in [2.05, 4.69) is 15.3 Å². The highest BCUT2D eigenvalue weighted by atomic mass is 19.1. The second kappa shape index (κ2) is 7.94. The quantitative estimate of drug-likeness (QED) is 0.356. The van der Waals surface area contributed by atoms with Crippen LogP contribution in [0.15, 0.2) is 23.3 Å². The number of hydrogen-bond donors (Lipinski definition) is 1. The first-order valence-electron chi connectivity index (χ1n) is 5.81. The molecule has 0 aliphatic rings. The van der Waals surface area contributed by atoms with Crippen LogP contribution < -0.4 is 10.1 Å². The minimum absolute atomic E-state index is 0.0177. The van der Waals surface area contributed by atoms with Gasteiger partial charge in [0, 0.05) is 24.1 Å². The second-order valence-corrected chi connectivity index (χ2v) is 3.76. The Labute approximate surface area is 110 Å². The van der Waals surface area contributed by atoms with Gasteiger partial charge in [0.15, 0.2) is 0 Å². The maximum absolute atomic E-state index is 13.6. The van der Waals surface area contributed by atoms with Gasteiger partial charge < -0.3 is 10.1 Å². The number of ether oxygens (including phenoxy) is 1. The average Bonchev–Trinajstić information content (AvgIpc) is 2.42. The van der Waals surface area contributed by atoms with Crippen LogP contribution in [0.3, 0.4) is 0 Å². The topological polar surface area (TPSA) is 87.1 Å². The number of hydrogen-bond acceptors (Lipinski definition) is 3. The second-order valence-electron chi connectivity index (χ2n) is 3.76. The predicted molar refractivity (Wildman–Crippen MR) is 68.5 cm³/mol. The highest BCUT2D eigenvalue weighted by molar-refractivity contribution is 5.94. The molecule has 1 N–H and O–H groups in total. The van der Waals surface area contributed by atoms with Crippen molar-refractivity contribution in [1.29, 1.82) is 0 Å². The number of amides is 1. The Kier molecular flexibility index (Phi) is 6.18. The number of halogens is 1. The number of nitrogens with zero attached hydrogens (tertiary/aromatic N) is 3. The highest BCUT2D eigenvalue weighted by Crippen LogP contribution is 2.15. The molecule has 0 aliphatic heterocycles. The van der Waals surface area contributed by atoms with Crippen LogP contribution in [0.4, 0.5) is 4.39 Å². The SMILES string of the molecule is COc1ccc(C(=O)NCCCCN=[N+]=[N-])c(F)c1. The van der Waals surface area contributed by atoms with E-state index in [4.69, 9.17) is 10.3 Å². The number of unbranched alkanes of at least 4 members (excludes halogenated alkanes) is 1. The minimum Gasteiger partial charge on any atom is -0.497 e. The third-order valence-corrected chi connectivity index (χ3v) is 2.45. The molecule has 1 aromatic carbocycles. The number of nitrogens with one attached hydrogen (secondary N) is 1. The fourth-order valence-corrected chi connectivity index (χ4v) is 1.46. The first-order chi connectivity index (χ1) is 9.19. The summed E-state index contributed by atoms with van der Waals surface area (Å²) in [6, 6.07) is 4.07. The Morgan fingerprint density at radius 1 is 1.53 bits per heavy atom. The molecule has 7 heteroatoms. The van der Waals surface area contributed by atoms with Crippen molar-refractivity contribution in [3.63, 3.8) is 0 Å². The van der Waals surface area contributed by atoms with Gasteiger partial charge in [0.1, 0.15) is 11.6 Å². The Morgan fingerprint density at radius 3 is 2.95 bits per heavy atom. The molecule has 0 saturated heterocycles. The number of methoxy groups -OCH3 is 1. The summed E-state index contributed by atoms with van der Waals surface area (Å²) in [5, 5.41) is 5.97. The number of carbonyl (C=O) groups excluding carboxylic acids is 1. The molecule has 0 unspecified atom stereocenters. The van der Waals surface area contributed by atoms with Gasteiger partial charge in [0.25, 0.3) is 5.91 Å². The van der Waals surface area contributed by atoms with Crippen molar-refractivity contribution in [1.82, 2.24) is 5.32 Å². The van der Waals surface area contributed by atoms with E-state index in [1.165, 1.54) is 19.2 Å². The lowest BCUT2D eigenvalue weighted by Crippen LogP contribution is -2.25. The summed E-state index contributed by atoms with van der Waals surface area (Å²) < 4.78 is 18.4. The Balaban J connectivity index is 2.43. The number of rotatable bonds is 7. The summed E-state index contributed by atoms with van der Waals surface area (Å²) in [5.41, 5.74) is 8.05. The number of carbonyl (C=O) groups is 1. The van der Waals surface area contributed by atoms with E-state index in [1.807, 2.05) is 0 Å². The zero-order valence-electron chi connectivity index (χ0n) is 10.6. The molecule has 1 aromatic rings. The van der Waals surface area contributed by atoms with Crippen molar-refractivity contribution in [2.24, 2.45) is 5.11 Å². The minimum atomic E-state index is -0.620. The van der Waals surface area contributed by atoms with Crippen LogP contribution in [0.25, 0.3) is 10.4 Å². The maximum Gasteiger partial charge on any atom is 0.254 e. The van der Waals surface area contributed by atoms with E-state index in [0.29, 0.717) is 31.7 Å². The molecule has 1 rings (SSSR count). The van der Waals surface area contributed by atoms with Gasteiger partial charge in [-0.2, -0.15) is 0 Å². The van der Waals surface area contributed by atoms with Crippen molar-refractivity contribution in [3.05, 3.63) is 40.0 Å². The van der Waals surface area contributed by atoms with Gasteiger partial charge in [-0.25, -0.2) is 4.39 Å². The third-order valence-electron chi connectivity index (χ3n) is 2.45. The molecule has 0 spiro atoms. The Morgan fingerprint density at radius 2 is 2.32 bits per heavy atom. The first-order valence-corrected chi connectivity index (χ1v) is 5.81. The molecular weight excluding hydrogens is 251 g/mol. The largest absolute Gasteiger partial charge is 0.497 e. The average molecular weight is 266 g/mol. The fraction of sp³-hybridized carbons (Fsp3) is 0.417. The van der Waals surface area contributed by atoms with Crippen molar-refractivity contribution < 1.29 is 13.9 Å². The molecule has 1 amide bonds. The number of azide groups is 1. The monoisotopic (exact) mass is 266 g/mol. The standard InChI is InChI=1S/C12H15FN4O2/c1-19-9-4-5-10(11(13)8-9)12(18)15-6-2-3-7-16-17-14/h4-5,8H,2-3,6-7H2,1H3,(H,15,18). The van der Waals surface area contributed by atoms with E-state index in [1.54, 1.807) is 0 Å². The zero-order chi connectivity index (χ0) is 14.1. The van der Waals surface area contributed by atoms with Crippen LogP contribution in [0.2, 0.25) is 0 Å². The predicted octanol–water partition coefficient (Wildman–Crippen LogP) is 2.65. The van der Waals surface area contributed by atoms with Crippen molar-refractivity contribution in [2.75, 3.05) is 20.2 Å². The van der Waals surface area contributed by atoms with Gasteiger partial charge >= 0.3 is 0 Å². The molecule has 0 radical (unpaired) electrons. The van der Waals surface area contributed by atoms with E-state index in [9.17, 15) is 9.18 Å². The van der Waals surface area contributed by atoms with Crippen molar-refractivity contribution >= 4 is 5.91 Å². The van der Waals surface area contributed by atoms with Crippen molar-refractivity contribution in [3.8, 4) is 5.75 Å². The summed E-state index contributed by atoms with van der Waals surface area (Å²) >= 11 is 0. The lowest BCUT2D eigenvalue weighted by Gasteiger charge is -2.07. The first kappa shape index (κ1) is 14.8. The summed E-state index contributed by atoms with van der Waals surface area (Å²) in [7, 11) is 1.43.